The number of aromatic nitrogens is 1. The second kappa shape index (κ2) is 7.00. The van der Waals surface area contributed by atoms with E-state index in [1.165, 1.54) is 12.1 Å². The highest BCUT2D eigenvalue weighted by Crippen LogP contribution is 2.38. The van der Waals surface area contributed by atoms with Crippen LogP contribution in [0.2, 0.25) is 5.02 Å². The Kier molecular flexibility index (Phi) is 5.08. The van der Waals surface area contributed by atoms with Crippen LogP contribution in [0.3, 0.4) is 0 Å². The van der Waals surface area contributed by atoms with E-state index >= 15 is 0 Å². The van der Waals surface area contributed by atoms with Gasteiger partial charge in [-0.3, -0.25) is 4.79 Å². The van der Waals surface area contributed by atoms with E-state index in [9.17, 15) is 18.0 Å². The molecule has 0 aliphatic heterocycles. The molecular weight excluding hydrogens is 383 g/mol. The molecule has 0 fully saturated rings. The van der Waals surface area contributed by atoms with Crippen molar-refractivity contribution in [2.45, 2.75) is 30.2 Å². The summed E-state index contributed by atoms with van der Waals surface area (Å²) in [6, 6.07) is 11.1. The zero-order chi connectivity index (χ0) is 19.1. The van der Waals surface area contributed by atoms with Crippen LogP contribution in [0.15, 0.2) is 47.4 Å². The van der Waals surface area contributed by atoms with Gasteiger partial charge in [0.05, 0.1) is 15.8 Å². The first kappa shape index (κ1) is 18.9. The lowest BCUT2D eigenvalue weighted by atomic mass is 10.1. The molecule has 0 amide bonds. The molecule has 1 N–H and O–H groups in total. The van der Waals surface area contributed by atoms with Gasteiger partial charge in [0.2, 0.25) is 0 Å². The van der Waals surface area contributed by atoms with Crippen molar-refractivity contribution in [3.63, 3.8) is 0 Å². The fraction of sp³-hybridized carbons (Fsp3) is 0.211. The summed E-state index contributed by atoms with van der Waals surface area (Å²) in [7, 11) is 0. The summed E-state index contributed by atoms with van der Waals surface area (Å²) in [5.74, 6) is -0.131. The quantitative estimate of drug-likeness (QED) is 0.402. The Hall–Kier alpha value is -1.92. The molecule has 26 heavy (non-hydrogen) atoms. The molecule has 136 valence electrons. The number of alkyl halides is 3. The molecule has 0 radical (unpaired) electrons. The maximum atomic E-state index is 13.0. The maximum Gasteiger partial charge on any atom is 0.417 e. The molecule has 0 aliphatic carbocycles. The van der Waals surface area contributed by atoms with E-state index in [2.05, 4.69) is 4.98 Å². The first-order chi connectivity index (χ1) is 12.2. The van der Waals surface area contributed by atoms with Gasteiger partial charge in [0, 0.05) is 27.1 Å². The predicted molar refractivity (Wildman–Crippen MR) is 99.1 cm³/mol. The van der Waals surface area contributed by atoms with Crippen molar-refractivity contribution in [1.29, 1.82) is 0 Å². The van der Waals surface area contributed by atoms with Crippen molar-refractivity contribution in [2.24, 2.45) is 0 Å². The summed E-state index contributed by atoms with van der Waals surface area (Å²) in [6.45, 7) is 3.50. The molecule has 0 saturated heterocycles. The van der Waals surface area contributed by atoms with Crippen molar-refractivity contribution >= 4 is 40.0 Å². The normalized spacial score (nSPS) is 13.2. The minimum atomic E-state index is -4.53. The highest BCUT2D eigenvalue weighted by molar-refractivity contribution is 8.00. The first-order valence-electron chi connectivity index (χ1n) is 7.83. The molecule has 0 bridgehead atoms. The number of nitrogens with one attached hydrogen (secondary N) is 1. The third-order valence-electron chi connectivity index (χ3n) is 4.07. The Labute approximate surface area is 157 Å². The number of para-hydroxylation sites is 1. The number of halogens is 4. The van der Waals surface area contributed by atoms with Gasteiger partial charge in [-0.2, -0.15) is 13.2 Å². The lowest BCUT2D eigenvalue weighted by molar-refractivity contribution is -0.137. The van der Waals surface area contributed by atoms with Gasteiger partial charge < -0.3 is 4.98 Å². The van der Waals surface area contributed by atoms with E-state index in [0.717, 1.165) is 34.4 Å². The Morgan fingerprint density at radius 2 is 1.88 bits per heavy atom. The number of hydrogen-bond donors (Lipinski definition) is 1. The number of hydrogen-bond acceptors (Lipinski definition) is 2. The van der Waals surface area contributed by atoms with E-state index in [0.29, 0.717) is 10.5 Å². The van der Waals surface area contributed by atoms with E-state index in [1.54, 1.807) is 6.92 Å². The number of aromatic amines is 1. The Morgan fingerprint density at radius 3 is 2.58 bits per heavy atom. The SMILES string of the molecule is Cc1[nH]c2ccccc2c1C(=O)[C@H](C)Sc1ccc(Cl)c(C(F)(F)F)c1. The fourth-order valence-corrected chi connectivity index (χ4v) is 4.04. The number of ketones is 1. The van der Waals surface area contributed by atoms with Crippen molar-refractivity contribution in [2.75, 3.05) is 0 Å². The lowest BCUT2D eigenvalue weighted by Gasteiger charge is -2.14. The van der Waals surface area contributed by atoms with Gasteiger partial charge in [0.15, 0.2) is 5.78 Å². The molecular formula is C19H15ClF3NOS. The van der Waals surface area contributed by atoms with Crippen LogP contribution in [-0.2, 0) is 6.18 Å². The molecule has 3 rings (SSSR count). The van der Waals surface area contributed by atoms with Crippen LogP contribution >= 0.6 is 23.4 Å². The first-order valence-corrected chi connectivity index (χ1v) is 9.09. The summed E-state index contributed by atoms with van der Waals surface area (Å²) >= 11 is 6.73. The molecule has 1 aromatic heterocycles. The van der Waals surface area contributed by atoms with Crippen LogP contribution in [0.4, 0.5) is 13.2 Å². The summed E-state index contributed by atoms with van der Waals surface area (Å²) in [5, 5.41) is -0.0852. The van der Waals surface area contributed by atoms with Crippen molar-refractivity contribution in [1.82, 2.24) is 4.98 Å². The highest BCUT2D eigenvalue weighted by Gasteiger charge is 2.33. The predicted octanol–water partition coefficient (Wildman–Crippen LogP) is 6.51. The average molecular weight is 398 g/mol. The van der Waals surface area contributed by atoms with Crippen LogP contribution in [0.25, 0.3) is 10.9 Å². The monoisotopic (exact) mass is 397 g/mol. The Morgan fingerprint density at radius 1 is 1.19 bits per heavy atom. The van der Waals surface area contributed by atoms with Gasteiger partial charge in [-0.15, -0.1) is 11.8 Å². The molecule has 0 saturated carbocycles. The molecule has 0 spiro atoms. The highest BCUT2D eigenvalue weighted by atomic mass is 35.5. The average Bonchev–Trinajstić information content (AvgIpc) is 2.90. The van der Waals surface area contributed by atoms with Gasteiger partial charge in [0.1, 0.15) is 0 Å². The minimum absolute atomic E-state index is 0.131. The number of H-pyrrole nitrogens is 1. The number of benzene rings is 2. The van der Waals surface area contributed by atoms with Crippen molar-refractivity contribution < 1.29 is 18.0 Å². The van der Waals surface area contributed by atoms with Crippen LogP contribution in [0.1, 0.15) is 28.5 Å². The number of aryl methyl sites for hydroxylation is 1. The number of thioether (sulfide) groups is 1. The number of Topliss-reactive ketones (excluding diaryl/α,β-unsaturated/α-hetero) is 1. The van der Waals surface area contributed by atoms with Crippen LogP contribution in [0, 0.1) is 6.92 Å². The van der Waals surface area contributed by atoms with Gasteiger partial charge in [-0.25, -0.2) is 0 Å². The fourth-order valence-electron chi connectivity index (χ4n) is 2.85. The third kappa shape index (κ3) is 3.62. The van der Waals surface area contributed by atoms with Gasteiger partial charge >= 0.3 is 6.18 Å². The number of carbonyl (C=O) groups is 1. The standard InChI is InChI=1S/C19H15ClF3NOS/c1-10-17(13-5-3-4-6-16(13)24-10)18(25)11(2)26-12-7-8-15(20)14(9-12)19(21,22)23/h3-9,11,24H,1-2H3/t11-/m0/s1. The number of fused-ring (bicyclic) bond motifs is 1. The number of carbonyl (C=O) groups excluding carboxylic acids is 1. The summed E-state index contributed by atoms with van der Waals surface area (Å²) < 4.78 is 39.0. The van der Waals surface area contributed by atoms with Crippen LogP contribution in [0.5, 0.6) is 0 Å². The largest absolute Gasteiger partial charge is 0.417 e. The van der Waals surface area contributed by atoms with Crippen LogP contribution in [-0.4, -0.2) is 16.0 Å². The molecule has 2 aromatic carbocycles. The second-order valence-corrected chi connectivity index (χ2v) is 7.76. The van der Waals surface area contributed by atoms with Gasteiger partial charge in [0.25, 0.3) is 0 Å². The Balaban J connectivity index is 1.89. The van der Waals surface area contributed by atoms with E-state index in [1.807, 2.05) is 31.2 Å². The molecule has 3 aromatic rings. The lowest BCUT2D eigenvalue weighted by Crippen LogP contribution is -2.14. The van der Waals surface area contributed by atoms with E-state index in [-0.39, 0.29) is 10.8 Å². The minimum Gasteiger partial charge on any atom is -0.358 e. The van der Waals surface area contributed by atoms with E-state index < -0.39 is 17.0 Å². The number of rotatable bonds is 4. The van der Waals surface area contributed by atoms with Crippen LogP contribution < -0.4 is 0 Å². The zero-order valence-electron chi connectivity index (χ0n) is 13.9. The summed E-state index contributed by atoms with van der Waals surface area (Å²) in [5.41, 5.74) is 1.28. The third-order valence-corrected chi connectivity index (χ3v) is 5.49. The Bertz CT molecular complexity index is 981. The summed E-state index contributed by atoms with van der Waals surface area (Å²) in [4.78, 5) is 16.4. The zero-order valence-corrected chi connectivity index (χ0v) is 15.5. The molecule has 2 nitrogen and oxygen atoms in total. The molecule has 1 atom stereocenters. The second-order valence-electron chi connectivity index (χ2n) is 5.93. The van der Waals surface area contributed by atoms with E-state index in [4.69, 9.17) is 11.6 Å². The molecule has 1 heterocycles. The van der Waals surface area contributed by atoms with Crippen molar-refractivity contribution in [3.05, 3.63) is 64.3 Å². The molecule has 7 heteroatoms. The smallest absolute Gasteiger partial charge is 0.358 e. The topological polar surface area (TPSA) is 32.9 Å². The molecule has 0 aliphatic rings. The van der Waals surface area contributed by atoms with Gasteiger partial charge in [-0.05, 0) is 38.1 Å². The maximum absolute atomic E-state index is 13.0. The van der Waals surface area contributed by atoms with Gasteiger partial charge in [-0.1, -0.05) is 29.8 Å². The summed E-state index contributed by atoms with van der Waals surface area (Å²) in [6.07, 6.45) is -4.53. The molecule has 0 unspecified atom stereocenters. The van der Waals surface area contributed by atoms with Crippen molar-refractivity contribution in [3.8, 4) is 0 Å².